The number of hydrogen-bond acceptors (Lipinski definition) is 5. The van der Waals surface area contributed by atoms with E-state index in [1.54, 1.807) is 6.08 Å². The van der Waals surface area contributed by atoms with Crippen LogP contribution in [0.25, 0.3) is 6.08 Å². The molecule has 1 aliphatic carbocycles. The van der Waals surface area contributed by atoms with E-state index >= 15 is 0 Å². The van der Waals surface area contributed by atoms with Gasteiger partial charge < -0.3 is 24.3 Å². The summed E-state index contributed by atoms with van der Waals surface area (Å²) >= 11 is 0. The predicted octanol–water partition coefficient (Wildman–Crippen LogP) is 2.62. The molecule has 1 amide bonds. The average Bonchev–Trinajstić information content (AvgIpc) is 3.25. The molecule has 1 saturated carbocycles. The summed E-state index contributed by atoms with van der Waals surface area (Å²) in [6.45, 7) is 1.26. The van der Waals surface area contributed by atoms with Crippen LogP contribution < -0.4 is 14.8 Å². The number of benzene rings is 1. The minimum atomic E-state index is -0.393. The van der Waals surface area contributed by atoms with E-state index in [2.05, 4.69) is 5.32 Å². The van der Waals surface area contributed by atoms with Gasteiger partial charge in [0.1, 0.15) is 6.10 Å². The molecule has 25 heavy (non-hydrogen) atoms. The third kappa shape index (κ3) is 3.80. The van der Waals surface area contributed by atoms with Gasteiger partial charge in [-0.05, 0) is 36.6 Å². The van der Waals surface area contributed by atoms with Crippen molar-refractivity contribution in [2.45, 2.75) is 44.0 Å². The van der Waals surface area contributed by atoms with Crippen LogP contribution in [0.3, 0.4) is 0 Å². The first kappa shape index (κ1) is 16.4. The predicted molar refractivity (Wildman–Crippen MR) is 91.2 cm³/mol. The molecule has 1 aromatic rings. The Labute approximate surface area is 147 Å². The molecule has 0 radical (unpaired) electrons. The summed E-state index contributed by atoms with van der Waals surface area (Å²) in [7, 11) is 0. The quantitative estimate of drug-likeness (QED) is 0.850. The van der Waals surface area contributed by atoms with E-state index in [-0.39, 0.29) is 18.8 Å². The Balaban J connectivity index is 1.25. The van der Waals surface area contributed by atoms with E-state index in [4.69, 9.17) is 18.9 Å². The highest BCUT2D eigenvalue weighted by Gasteiger charge is 2.42. The Kier molecular flexibility index (Phi) is 4.63. The van der Waals surface area contributed by atoms with E-state index in [0.717, 1.165) is 37.0 Å². The number of fused-ring (bicyclic) bond motifs is 1. The van der Waals surface area contributed by atoms with Crippen molar-refractivity contribution in [3.8, 4) is 11.5 Å². The maximum absolute atomic E-state index is 12.0. The van der Waals surface area contributed by atoms with Gasteiger partial charge in [0, 0.05) is 25.5 Å². The number of carbonyl (C=O) groups is 1. The van der Waals surface area contributed by atoms with Crippen molar-refractivity contribution in [2.24, 2.45) is 0 Å². The summed E-state index contributed by atoms with van der Waals surface area (Å²) in [4.78, 5) is 12.0. The minimum absolute atomic E-state index is 0.0685. The lowest BCUT2D eigenvalue weighted by atomic mass is 9.94. The molecule has 1 N–H and O–H groups in total. The number of ether oxygens (including phenoxy) is 4. The summed E-state index contributed by atoms with van der Waals surface area (Å²) in [5.74, 6) is 0.898. The van der Waals surface area contributed by atoms with Crippen LogP contribution in [0, 0.1) is 0 Å². The van der Waals surface area contributed by atoms with Crippen molar-refractivity contribution in [3.05, 3.63) is 29.8 Å². The summed E-state index contributed by atoms with van der Waals surface area (Å²) in [6, 6.07) is 5.58. The van der Waals surface area contributed by atoms with E-state index in [9.17, 15) is 4.79 Å². The van der Waals surface area contributed by atoms with E-state index in [0.29, 0.717) is 18.9 Å². The maximum Gasteiger partial charge on any atom is 0.244 e. The molecule has 2 fully saturated rings. The van der Waals surface area contributed by atoms with Gasteiger partial charge in [0.15, 0.2) is 17.3 Å². The van der Waals surface area contributed by atoms with Crippen LogP contribution in [-0.4, -0.2) is 37.7 Å². The lowest BCUT2D eigenvalue weighted by Crippen LogP contribution is -2.36. The average molecular weight is 345 g/mol. The second-order valence-electron chi connectivity index (χ2n) is 6.71. The Morgan fingerprint density at radius 1 is 1.20 bits per heavy atom. The van der Waals surface area contributed by atoms with Gasteiger partial charge in [-0.2, -0.15) is 0 Å². The first-order chi connectivity index (χ1) is 12.2. The van der Waals surface area contributed by atoms with Gasteiger partial charge in [-0.25, -0.2) is 0 Å². The Hall–Kier alpha value is -2.05. The van der Waals surface area contributed by atoms with Crippen molar-refractivity contribution in [2.75, 3.05) is 19.9 Å². The zero-order valence-electron chi connectivity index (χ0n) is 14.2. The van der Waals surface area contributed by atoms with Gasteiger partial charge in [0.05, 0.1) is 6.61 Å². The molecule has 1 unspecified atom stereocenters. The molecule has 134 valence electrons. The molecule has 1 saturated heterocycles. The van der Waals surface area contributed by atoms with Gasteiger partial charge in [-0.15, -0.1) is 0 Å². The van der Waals surface area contributed by atoms with Gasteiger partial charge in [-0.1, -0.05) is 12.5 Å². The number of amides is 1. The van der Waals surface area contributed by atoms with Crippen LogP contribution in [-0.2, 0) is 14.3 Å². The normalized spacial score (nSPS) is 24.1. The van der Waals surface area contributed by atoms with Crippen LogP contribution in [0.2, 0.25) is 0 Å². The maximum atomic E-state index is 12.0. The number of carbonyl (C=O) groups excluding carboxylic acids is 1. The van der Waals surface area contributed by atoms with Crippen LogP contribution >= 0.6 is 0 Å². The Bertz CT molecular complexity index is 666. The second kappa shape index (κ2) is 7.06. The SMILES string of the molecule is O=C(C=Cc1ccc2c(c1)OCO2)NCC1COC2(CCCCC2)O1. The van der Waals surface area contributed by atoms with Crippen molar-refractivity contribution in [3.63, 3.8) is 0 Å². The first-order valence-corrected chi connectivity index (χ1v) is 8.90. The van der Waals surface area contributed by atoms with E-state index in [1.807, 2.05) is 18.2 Å². The highest BCUT2D eigenvalue weighted by Crippen LogP contribution is 2.37. The number of hydrogen-bond donors (Lipinski definition) is 1. The Morgan fingerprint density at radius 2 is 2.04 bits per heavy atom. The van der Waals surface area contributed by atoms with Gasteiger partial charge in [-0.3, -0.25) is 4.79 Å². The number of nitrogens with one attached hydrogen (secondary N) is 1. The molecular weight excluding hydrogens is 322 g/mol. The van der Waals surface area contributed by atoms with E-state index in [1.165, 1.54) is 12.5 Å². The molecule has 4 rings (SSSR count). The van der Waals surface area contributed by atoms with Crippen LogP contribution in [0.1, 0.15) is 37.7 Å². The summed E-state index contributed by atoms with van der Waals surface area (Å²) in [5, 5.41) is 2.88. The van der Waals surface area contributed by atoms with Crippen molar-refractivity contribution in [1.82, 2.24) is 5.32 Å². The summed E-state index contributed by atoms with van der Waals surface area (Å²) < 4.78 is 22.5. The first-order valence-electron chi connectivity index (χ1n) is 8.90. The molecule has 3 aliphatic rings. The fraction of sp³-hybridized carbons (Fsp3) is 0.526. The molecule has 1 atom stereocenters. The molecule has 6 nitrogen and oxygen atoms in total. The molecular formula is C19H23NO5. The zero-order valence-corrected chi connectivity index (χ0v) is 14.2. The number of rotatable bonds is 4. The third-order valence-electron chi connectivity index (χ3n) is 4.86. The van der Waals surface area contributed by atoms with Crippen LogP contribution in [0.5, 0.6) is 11.5 Å². The summed E-state index contributed by atoms with van der Waals surface area (Å²) in [6.07, 6.45) is 8.68. The third-order valence-corrected chi connectivity index (χ3v) is 4.86. The molecule has 1 aromatic carbocycles. The minimum Gasteiger partial charge on any atom is -0.454 e. The van der Waals surface area contributed by atoms with Crippen LogP contribution in [0.15, 0.2) is 24.3 Å². The highest BCUT2D eigenvalue weighted by atomic mass is 16.7. The fourth-order valence-electron chi connectivity index (χ4n) is 3.53. The summed E-state index contributed by atoms with van der Waals surface area (Å²) in [5.41, 5.74) is 0.890. The van der Waals surface area contributed by atoms with Crippen molar-refractivity contribution in [1.29, 1.82) is 0 Å². The second-order valence-corrected chi connectivity index (χ2v) is 6.71. The molecule has 0 aromatic heterocycles. The van der Waals surface area contributed by atoms with Gasteiger partial charge in [0.2, 0.25) is 12.7 Å². The van der Waals surface area contributed by atoms with Gasteiger partial charge in [0.25, 0.3) is 0 Å². The van der Waals surface area contributed by atoms with E-state index < -0.39 is 5.79 Å². The smallest absolute Gasteiger partial charge is 0.244 e. The highest BCUT2D eigenvalue weighted by molar-refractivity contribution is 5.91. The molecule has 2 heterocycles. The molecule has 1 spiro atoms. The fourth-order valence-corrected chi connectivity index (χ4v) is 3.53. The molecule has 6 heteroatoms. The lowest BCUT2D eigenvalue weighted by molar-refractivity contribution is -0.186. The van der Waals surface area contributed by atoms with Crippen molar-refractivity contribution < 1.29 is 23.7 Å². The van der Waals surface area contributed by atoms with Crippen LogP contribution in [0.4, 0.5) is 0 Å². The largest absolute Gasteiger partial charge is 0.454 e. The van der Waals surface area contributed by atoms with Crippen molar-refractivity contribution >= 4 is 12.0 Å². The Morgan fingerprint density at radius 3 is 2.92 bits per heavy atom. The van der Waals surface area contributed by atoms with Gasteiger partial charge >= 0.3 is 0 Å². The molecule has 2 aliphatic heterocycles. The standard InChI is InChI=1S/C19H23NO5/c21-18(7-5-14-4-6-16-17(10-14)23-13-22-16)20-11-15-12-24-19(25-15)8-2-1-3-9-19/h4-7,10,15H,1-3,8-9,11-13H2,(H,20,21). The zero-order chi connectivity index (χ0) is 17.1. The molecule has 0 bridgehead atoms. The lowest BCUT2D eigenvalue weighted by Gasteiger charge is -2.31. The topological polar surface area (TPSA) is 66.0 Å². The monoisotopic (exact) mass is 345 g/mol.